The number of fused-ring (bicyclic) bond motifs is 1. The van der Waals surface area contributed by atoms with Crippen molar-refractivity contribution in [3.8, 4) is 0 Å². The van der Waals surface area contributed by atoms with Gasteiger partial charge in [-0.3, -0.25) is 4.79 Å². The lowest BCUT2D eigenvalue weighted by molar-refractivity contribution is -0.153. The van der Waals surface area contributed by atoms with E-state index < -0.39 is 6.04 Å². The van der Waals surface area contributed by atoms with Crippen molar-refractivity contribution in [1.82, 2.24) is 4.90 Å². The van der Waals surface area contributed by atoms with E-state index in [1.807, 2.05) is 0 Å². The summed E-state index contributed by atoms with van der Waals surface area (Å²) in [7, 11) is 1.39. The first-order chi connectivity index (χ1) is 11.2. The number of methoxy groups -OCH3 is 1. The third kappa shape index (κ3) is 3.71. The van der Waals surface area contributed by atoms with Crippen molar-refractivity contribution >= 4 is 23.6 Å². The van der Waals surface area contributed by atoms with Gasteiger partial charge in [0.2, 0.25) is 5.91 Å². The zero-order valence-corrected chi connectivity index (χ0v) is 14.4. The Labute approximate surface area is 141 Å². The van der Waals surface area contributed by atoms with Crippen LogP contribution in [0, 0.1) is 0 Å². The molecule has 0 saturated carbocycles. The highest BCUT2D eigenvalue weighted by atomic mass is 32.2. The van der Waals surface area contributed by atoms with E-state index in [1.54, 1.807) is 16.7 Å². The average Bonchev–Trinajstić information content (AvgIpc) is 3.06. The van der Waals surface area contributed by atoms with Crippen molar-refractivity contribution in [3.05, 3.63) is 29.3 Å². The Morgan fingerprint density at radius 1 is 1.22 bits per heavy atom. The molecule has 0 bridgehead atoms. The van der Waals surface area contributed by atoms with Gasteiger partial charge in [-0.1, -0.05) is 6.07 Å². The van der Waals surface area contributed by atoms with E-state index in [4.69, 9.17) is 4.74 Å². The second-order valence-corrected chi connectivity index (χ2v) is 7.24. The lowest BCUT2D eigenvalue weighted by Crippen LogP contribution is -2.49. The zero-order valence-electron chi connectivity index (χ0n) is 13.5. The molecule has 3 rings (SSSR count). The minimum atomic E-state index is -0.401. The predicted octanol–water partition coefficient (Wildman–Crippen LogP) is 2.82. The number of likely N-dealkylation sites (tertiary alicyclic amines) is 1. The Morgan fingerprint density at radius 2 is 2.04 bits per heavy atom. The van der Waals surface area contributed by atoms with Crippen molar-refractivity contribution in [1.29, 1.82) is 0 Å². The molecule has 0 radical (unpaired) electrons. The SMILES string of the molecule is COC(=O)C1CCCCN1C(=O)CSc1ccc2c(c1)CCC2. The van der Waals surface area contributed by atoms with Crippen molar-refractivity contribution in [2.45, 2.75) is 49.5 Å². The smallest absolute Gasteiger partial charge is 0.328 e. The quantitative estimate of drug-likeness (QED) is 0.628. The van der Waals surface area contributed by atoms with Gasteiger partial charge in [-0.2, -0.15) is 0 Å². The number of piperidine rings is 1. The molecule has 1 aromatic rings. The Balaban J connectivity index is 1.60. The molecule has 0 N–H and O–H groups in total. The first kappa shape index (κ1) is 16.4. The summed E-state index contributed by atoms with van der Waals surface area (Å²) in [6, 6.07) is 6.11. The highest BCUT2D eigenvalue weighted by Gasteiger charge is 2.32. The van der Waals surface area contributed by atoms with Crippen LogP contribution in [0.5, 0.6) is 0 Å². The van der Waals surface area contributed by atoms with Gasteiger partial charge >= 0.3 is 5.97 Å². The first-order valence-electron chi connectivity index (χ1n) is 8.31. The van der Waals surface area contributed by atoms with Crippen LogP contribution in [0.3, 0.4) is 0 Å². The number of aryl methyl sites for hydroxylation is 2. The number of amides is 1. The van der Waals surface area contributed by atoms with E-state index in [1.165, 1.54) is 31.1 Å². The van der Waals surface area contributed by atoms with E-state index in [0.717, 1.165) is 24.2 Å². The van der Waals surface area contributed by atoms with E-state index in [-0.39, 0.29) is 11.9 Å². The number of carbonyl (C=O) groups excluding carboxylic acids is 2. The first-order valence-corrected chi connectivity index (χ1v) is 9.29. The number of ether oxygens (including phenoxy) is 1. The molecule has 0 spiro atoms. The van der Waals surface area contributed by atoms with Gasteiger partial charge in [-0.05, 0) is 61.8 Å². The number of carbonyl (C=O) groups is 2. The van der Waals surface area contributed by atoms with Gasteiger partial charge in [0.25, 0.3) is 0 Å². The highest BCUT2D eigenvalue weighted by molar-refractivity contribution is 8.00. The molecule has 2 aliphatic rings. The summed E-state index contributed by atoms with van der Waals surface area (Å²) < 4.78 is 4.84. The van der Waals surface area contributed by atoms with Crippen LogP contribution in [0.1, 0.15) is 36.8 Å². The molecule has 1 aromatic carbocycles. The third-order valence-corrected chi connectivity index (χ3v) is 5.71. The lowest BCUT2D eigenvalue weighted by atomic mass is 10.0. The molecule has 1 saturated heterocycles. The number of esters is 1. The molecule has 23 heavy (non-hydrogen) atoms. The van der Waals surface area contributed by atoms with Crippen LogP contribution in [0.25, 0.3) is 0 Å². The topological polar surface area (TPSA) is 46.6 Å². The third-order valence-electron chi connectivity index (χ3n) is 4.73. The van der Waals surface area contributed by atoms with Crippen LogP contribution in [0.15, 0.2) is 23.1 Å². The fourth-order valence-electron chi connectivity index (χ4n) is 3.48. The molecular formula is C18H23NO3S. The number of hydrogen-bond acceptors (Lipinski definition) is 4. The molecule has 0 aromatic heterocycles. The van der Waals surface area contributed by atoms with Crippen LogP contribution < -0.4 is 0 Å². The molecule has 5 heteroatoms. The van der Waals surface area contributed by atoms with Crippen molar-refractivity contribution in [2.75, 3.05) is 19.4 Å². The normalized spacial score (nSPS) is 20.2. The lowest BCUT2D eigenvalue weighted by Gasteiger charge is -2.33. The van der Waals surface area contributed by atoms with Gasteiger partial charge in [0, 0.05) is 11.4 Å². The zero-order chi connectivity index (χ0) is 16.2. The maximum Gasteiger partial charge on any atom is 0.328 e. The van der Waals surface area contributed by atoms with E-state index >= 15 is 0 Å². The summed E-state index contributed by atoms with van der Waals surface area (Å²) in [5, 5.41) is 0. The Morgan fingerprint density at radius 3 is 2.87 bits per heavy atom. The standard InChI is InChI=1S/C18H23NO3S/c1-22-18(21)16-7-2-3-10-19(16)17(20)12-23-15-9-8-13-5-4-6-14(13)11-15/h8-9,11,16H,2-7,10,12H2,1H3. The molecule has 1 unspecified atom stereocenters. The predicted molar refractivity (Wildman–Crippen MR) is 90.6 cm³/mol. The van der Waals surface area contributed by atoms with E-state index in [2.05, 4.69) is 18.2 Å². The van der Waals surface area contributed by atoms with Crippen molar-refractivity contribution in [3.63, 3.8) is 0 Å². The van der Waals surface area contributed by atoms with Gasteiger partial charge < -0.3 is 9.64 Å². The largest absolute Gasteiger partial charge is 0.467 e. The number of benzene rings is 1. The molecule has 4 nitrogen and oxygen atoms in total. The van der Waals surface area contributed by atoms with E-state index in [0.29, 0.717) is 18.7 Å². The second kappa shape index (κ2) is 7.39. The number of hydrogen-bond donors (Lipinski definition) is 0. The van der Waals surface area contributed by atoms with Gasteiger partial charge in [0.05, 0.1) is 12.9 Å². The van der Waals surface area contributed by atoms with Gasteiger partial charge in [-0.15, -0.1) is 11.8 Å². The summed E-state index contributed by atoms with van der Waals surface area (Å²) in [6.07, 6.45) is 6.20. The van der Waals surface area contributed by atoms with Crippen molar-refractivity contribution in [2.24, 2.45) is 0 Å². The minimum Gasteiger partial charge on any atom is -0.467 e. The summed E-state index contributed by atoms with van der Waals surface area (Å²) >= 11 is 1.57. The molecule has 1 fully saturated rings. The fraction of sp³-hybridized carbons (Fsp3) is 0.556. The van der Waals surface area contributed by atoms with Crippen LogP contribution >= 0.6 is 11.8 Å². The fourth-order valence-corrected chi connectivity index (χ4v) is 4.32. The van der Waals surface area contributed by atoms with Crippen LogP contribution in [0.4, 0.5) is 0 Å². The maximum absolute atomic E-state index is 12.5. The average molecular weight is 333 g/mol. The molecular weight excluding hydrogens is 310 g/mol. The Kier molecular flexibility index (Phi) is 5.26. The molecule has 124 valence electrons. The van der Waals surface area contributed by atoms with Gasteiger partial charge in [-0.25, -0.2) is 4.79 Å². The highest BCUT2D eigenvalue weighted by Crippen LogP contribution is 2.28. The Hall–Kier alpha value is -1.49. The second-order valence-electron chi connectivity index (χ2n) is 6.19. The van der Waals surface area contributed by atoms with Gasteiger partial charge in [0.15, 0.2) is 0 Å². The van der Waals surface area contributed by atoms with E-state index in [9.17, 15) is 9.59 Å². The number of nitrogens with zero attached hydrogens (tertiary/aromatic N) is 1. The molecule has 1 heterocycles. The summed E-state index contributed by atoms with van der Waals surface area (Å²) in [6.45, 7) is 0.656. The maximum atomic E-state index is 12.5. The summed E-state index contributed by atoms with van der Waals surface area (Å²) in [4.78, 5) is 27.2. The molecule has 1 amide bonds. The molecule has 1 aliphatic heterocycles. The summed E-state index contributed by atoms with van der Waals surface area (Å²) in [5.74, 6) is 0.123. The molecule has 1 aliphatic carbocycles. The summed E-state index contributed by atoms with van der Waals surface area (Å²) in [5.41, 5.74) is 2.87. The number of thioether (sulfide) groups is 1. The van der Waals surface area contributed by atoms with Crippen LogP contribution in [-0.2, 0) is 27.2 Å². The number of rotatable bonds is 4. The van der Waals surface area contributed by atoms with Crippen LogP contribution in [-0.4, -0.2) is 42.2 Å². The Bertz CT molecular complexity index is 602. The minimum absolute atomic E-state index is 0.0330. The van der Waals surface area contributed by atoms with Gasteiger partial charge in [0.1, 0.15) is 6.04 Å². The monoisotopic (exact) mass is 333 g/mol. The van der Waals surface area contributed by atoms with Crippen LogP contribution in [0.2, 0.25) is 0 Å². The molecule has 1 atom stereocenters. The van der Waals surface area contributed by atoms with Crippen molar-refractivity contribution < 1.29 is 14.3 Å².